The zero-order valence-corrected chi connectivity index (χ0v) is 55.0. The third kappa shape index (κ3) is 18.8. The summed E-state index contributed by atoms with van der Waals surface area (Å²) >= 11 is 1.83. The van der Waals surface area contributed by atoms with E-state index in [-0.39, 0.29) is 122 Å². The lowest BCUT2D eigenvalue weighted by Gasteiger charge is -2.28. The molecule has 10 rings (SSSR count). The van der Waals surface area contributed by atoms with Crippen molar-refractivity contribution in [3.8, 4) is 22.3 Å². The van der Waals surface area contributed by atoms with Crippen LogP contribution in [0.2, 0.25) is 0 Å². The molecule has 0 saturated heterocycles. The largest absolute Gasteiger partial charge is 0.416 e. The first-order valence-electron chi connectivity index (χ1n) is 39.0. The van der Waals surface area contributed by atoms with Gasteiger partial charge in [-0.2, -0.15) is 36.3 Å². The van der Waals surface area contributed by atoms with E-state index in [0.717, 1.165) is 86.1 Å². The molecule has 0 fully saturated rings. The fourth-order valence-electron chi connectivity index (χ4n) is 10.6. The van der Waals surface area contributed by atoms with E-state index < -0.39 is 151 Å². The van der Waals surface area contributed by atoms with Crippen molar-refractivity contribution in [3.63, 3.8) is 0 Å². The van der Waals surface area contributed by atoms with Crippen LogP contribution in [0.5, 0.6) is 0 Å². The summed E-state index contributed by atoms with van der Waals surface area (Å²) in [6, 6.07) is 14.8. The molecule has 0 saturated carbocycles. The Morgan fingerprint density at radius 3 is 1.38 bits per heavy atom. The molecule has 0 unspecified atom stereocenters. The molecule has 0 aliphatic heterocycles. The van der Waals surface area contributed by atoms with Crippen LogP contribution in [0.1, 0.15) is 129 Å². The van der Waals surface area contributed by atoms with E-state index in [4.69, 9.17) is 11.0 Å². The number of hydrogen-bond donors (Lipinski definition) is 0. The molecule has 0 spiro atoms. The summed E-state index contributed by atoms with van der Waals surface area (Å²) in [5.41, 5.74) is -2.26. The topological polar surface area (TPSA) is 117 Å². The number of hydrogen-bond acceptors (Lipinski definition) is 10. The van der Waals surface area contributed by atoms with Crippen LogP contribution in [0, 0.1) is 25.5 Å². The second-order valence-electron chi connectivity index (χ2n) is 22.3. The van der Waals surface area contributed by atoms with Gasteiger partial charge in [0.25, 0.3) is 11.1 Å². The highest BCUT2D eigenvalue weighted by Crippen LogP contribution is 2.35. The van der Waals surface area contributed by atoms with Gasteiger partial charge in [-0.1, -0.05) is 136 Å². The Balaban J connectivity index is 0.000000257. The minimum Gasteiger partial charge on any atom is -0.336 e. The van der Waals surface area contributed by atoms with E-state index in [1.54, 1.807) is 13.8 Å². The average molecular weight is 1380 g/mol. The Hall–Kier alpha value is -7.92. The number of benzene rings is 6. The number of carbonyl (C=O) groups is 2. The number of rotatable bonds is 26. The highest BCUT2D eigenvalue weighted by molar-refractivity contribution is 7.98. The first kappa shape index (κ1) is 53.2. The first-order valence-corrected chi connectivity index (χ1v) is 32.9. The molecular weight excluding hydrogens is 1280 g/mol. The molecule has 0 radical (unpaired) electrons. The number of likely N-dealkylation sites (N-methyl/N-ethyl adjacent to an activating group) is 2. The smallest absolute Gasteiger partial charge is 0.336 e. The van der Waals surface area contributed by atoms with Gasteiger partial charge in [-0.3, -0.25) is 19.2 Å². The van der Waals surface area contributed by atoms with Gasteiger partial charge in [-0.15, -0.1) is 0 Å². The van der Waals surface area contributed by atoms with Gasteiger partial charge in [0.05, 0.1) is 30.3 Å². The van der Waals surface area contributed by atoms with Crippen LogP contribution in [-0.4, -0.2) is 103 Å². The second-order valence-corrected chi connectivity index (χ2v) is 24.2. The lowest BCUT2D eigenvalue weighted by molar-refractivity contribution is -0.138. The Kier molecular flexibility index (Phi) is 18.2. The van der Waals surface area contributed by atoms with E-state index in [1.165, 1.54) is 62.4 Å². The fourth-order valence-corrected chi connectivity index (χ4v) is 12.5. The van der Waals surface area contributed by atoms with Crippen molar-refractivity contribution < 1.29 is 66.6 Å². The van der Waals surface area contributed by atoms with Crippen LogP contribution in [-0.2, 0) is 85.2 Å². The molecule has 22 heteroatoms. The van der Waals surface area contributed by atoms with Crippen LogP contribution in [0.15, 0.2) is 153 Å². The van der Waals surface area contributed by atoms with Gasteiger partial charge in [0.15, 0.2) is 10.3 Å². The minimum absolute atomic E-state index is 0.00427. The average Bonchev–Trinajstić information content (AvgIpc) is 0.758. The van der Waals surface area contributed by atoms with Crippen LogP contribution >= 0.6 is 23.5 Å². The molecule has 2 heterocycles. The molecule has 2 aliphatic rings. The molecule has 0 N–H and O–H groups in total. The maximum absolute atomic E-state index is 14.9. The molecule has 96 heavy (non-hydrogen) atoms. The highest BCUT2D eigenvalue weighted by atomic mass is 32.2. The van der Waals surface area contributed by atoms with Crippen molar-refractivity contribution >= 4 is 35.3 Å². The number of aromatic nitrogens is 4. The summed E-state index contributed by atoms with van der Waals surface area (Å²) in [6.45, 7) is -6.73. The zero-order valence-electron chi connectivity index (χ0n) is 69.4. The minimum atomic E-state index is -4.65. The molecule has 8 aromatic rings. The van der Waals surface area contributed by atoms with Gasteiger partial charge < -0.3 is 28.7 Å². The Morgan fingerprint density at radius 1 is 0.531 bits per heavy atom. The van der Waals surface area contributed by atoms with Crippen LogP contribution < -0.4 is 11.1 Å². The molecule has 0 bridgehead atoms. The zero-order chi connectivity index (χ0) is 83.0. The van der Waals surface area contributed by atoms with Gasteiger partial charge in [-0.05, 0) is 183 Å². The highest BCUT2D eigenvalue weighted by Gasteiger charge is 2.32. The van der Waals surface area contributed by atoms with Gasteiger partial charge in [0.1, 0.15) is 24.6 Å². The first-order chi connectivity index (χ1) is 52.2. The van der Waals surface area contributed by atoms with Crippen molar-refractivity contribution in [1.29, 1.82) is 0 Å². The molecule has 2 aliphatic carbocycles. The predicted octanol–water partition coefficient (Wildman–Crippen LogP) is 15.1. The number of thioether (sulfide) groups is 2. The maximum Gasteiger partial charge on any atom is 0.416 e. The van der Waals surface area contributed by atoms with Crippen molar-refractivity contribution in [2.75, 3.05) is 52.3 Å². The van der Waals surface area contributed by atoms with E-state index in [1.807, 2.05) is 18.7 Å². The SMILES string of the molecule is [2H]c1c([2H])c(-c2ccc(C(F)(F)F)cc2)c(C)c([2H])c1CN(C(=O)C([2H])([2H])n1c(SCc2ccc(F)cc2)nc(=O)c2c1CCC2)C([2H])([2H])C([2H])([2H])N(CC)CC.[2H]c1c([2H])c(C([2H])([2H])N(CCN(CC)CC)C(=O)C([2H])([2H])n2c(SCc3ccc(F)cc3)nc(=O)c3c2CCC3)c([2H])c(C)c1-c1ccc(C(F)(F)F)cc1. The molecule has 6 aromatic carbocycles. The monoisotopic (exact) mass is 1380 g/mol. The summed E-state index contributed by atoms with van der Waals surface area (Å²) in [6.07, 6.45) is -7.47. The Morgan fingerprint density at radius 2 is 0.948 bits per heavy atom. The lowest BCUT2D eigenvalue weighted by Crippen LogP contribution is -2.40. The summed E-state index contributed by atoms with van der Waals surface area (Å²) < 4.78 is 255. The second kappa shape index (κ2) is 32.9. The maximum atomic E-state index is 14.9. The van der Waals surface area contributed by atoms with Crippen LogP contribution in [0.3, 0.4) is 0 Å². The normalized spacial score (nSPS) is 16.0. The van der Waals surface area contributed by atoms with Crippen molar-refractivity contribution in [3.05, 3.63) is 233 Å². The van der Waals surface area contributed by atoms with Gasteiger partial charge in [0, 0.05) is 75.9 Å². The molecule has 2 amide bonds. The fraction of sp³-hybridized carbons (Fsp3) is 0.378. The Bertz CT molecular complexity index is 4900. The van der Waals surface area contributed by atoms with Crippen LogP contribution in [0.25, 0.3) is 22.3 Å². The quantitative estimate of drug-likeness (QED) is 0.0295. The third-order valence-electron chi connectivity index (χ3n) is 15.9. The summed E-state index contributed by atoms with van der Waals surface area (Å²) in [7, 11) is 0. The standard InChI is InChI=1S/2C37H40F4N4O2S/c2*1-4-43(5-2)19-20-44(22-27-11-18-31(25(3)21-27)28-12-14-29(15-13-28)37(39,40)41)34(46)23-45-33-8-6-7-32(33)35(47)42-36(45)48-24-26-9-16-30(38)17-10-26/h2*9-18,21H,4-8,19-20,22-24H2,1-3H3/i11D,18D,19D2,20D2,21D,23D2;11D,18D,21D,22D2,23D2. The third-order valence-corrected chi connectivity index (χ3v) is 18.0. The number of amides is 2. The Labute approximate surface area is 586 Å². The predicted molar refractivity (Wildman–Crippen MR) is 363 cm³/mol. The number of carbonyl (C=O) groups excluding carboxylic acids is 2. The van der Waals surface area contributed by atoms with E-state index in [2.05, 4.69) is 9.97 Å². The molecule has 2 aromatic heterocycles. The van der Waals surface area contributed by atoms with E-state index in [9.17, 15) is 65.3 Å². The number of halogens is 8. The molecular formula is C74H80F8N8O4S2. The number of fused-ring (bicyclic) bond motifs is 2. The van der Waals surface area contributed by atoms with Gasteiger partial charge >= 0.3 is 12.4 Å². The summed E-state index contributed by atoms with van der Waals surface area (Å²) in [4.78, 5) is 68.0. The van der Waals surface area contributed by atoms with E-state index >= 15 is 0 Å². The van der Waals surface area contributed by atoms with Crippen molar-refractivity contribution in [1.82, 2.24) is 38.7 Å². The summed E-state index contributed by atoms with van der Waals surface area (Å²) in [5, 5.41) is -0.395. The van der Waals surface area contributed by atoms with Gasteiger partial charge in [-0.25, -0.2) is 8.78 Å². The van der Waals surface area contributed by atoms with Crippen molar-refractivity contribution in [2.24, 2.45) is 0 Å². The molecule has 508 valence electrons. The lowest BCUT2D eigenvalue weighted by atomic mass is 9.97. The van der Waals surface area contributed by atoms with Crippen LogP contribution in [0.4, 0.5) is 35.1 Å². The number of alkyl halides is 6. The molecule has 0 atom stereocenters. The van der Waals surface area contributed by atoms with E-state index in [0.29, 0.717) is 48.4 Å². The molecule has 12 nitrogen and oxygen atoms in total. The number of nitrogens with zero attached hydrogens (tertiary/aromatic N) is 8. The van der Waals surface area contributed by atoms with Crippen molar-refractivity contribution in [2.45, 2.75) is 140 Å². The van der Waals surface area contributed by atoms with Gasteiger partial charge in [0.2, 0.25) is 11.8 Å². The summed E-state index contributed by atoms with van der Waals surface area (Å²) in [5.74, 6) is -3.79.